The molecule has 2 aromatic heterocycles. The van der Waals surface area contributed by atoms with Gasteiger partial charge in [-0.1, -0.05) is 43.9 Å². The van der Waals surface area contributed by atoms with E-state index in [1.54, 1.807) is 18.6 Å². The molecule has 7 heteroatoms. The molecule has 2 heterocycles. The van der Waals surface area contributed by atoms with Crippen molar-refractivity contribution in [3.63, 3.8) is 0 Å². The maximum atomic E-state index is 13.0. The molecule has 0 aliphatic heterocycles. The quantitative estimate of drug-likeness (QED) is 0.433. The van der Waals surface area contributed by atoms with Crippen LogP contribution in [0.3, 0.4) is 0 Å². The van der Waals surface area contributed by atoms with Gasteiger partial charge in [0, 0.05) is 23.0 Å². The van der Waals surface area contributed by atoms with Crippen molar-refractivity contribution < 1.29 is 12.8 Å². The Balaban J connectivity index is 1.43. The van der Waals surface area contributed by atoms with E-state index < -0.39 is 10.0 Å². The van der Waals surface area contributed by atoms with Crippen LogP contribution >= 0.6 is 11.3 Å². The van der Waals surface area contributed by atoms with Gasteiger partial charge in [-0.05, 0) is 49.1 Å². The number of hydrogen-bond acceptors (Lipinski definition) is 5. The molecule has 1 aromatic carbocycles. The molecule has 0 spiro atoms. The Labute approximate surface area is 182 Å². The molecule has 1 aliphatic carbocycles. The summed E-state index contributed by atoms with van der Waals surface area (Å²) >= 11 is 1.23. The number of anilines is 1. The van der Waals surface area contributed by atoms with Gasteiger partial charge in [-0.3, -0.25) is 4.72 Å². The van der Waals surface area contributed by atoms with Gasteiger partial charge < -0.3 is 9.73 Å². The zero-order valence-electron chi connectivity index (χ0n) is 17.1. The molecule has 1 saturated carbocycles. The molecular weight excluding hydrogens is 416 g/mol. The summed E-state index contributed by atoms with van der Waals surface area (Å²) in [6.45, 7) is 2.85. The molecule has 2 N–H and O–H groups in total. The van der Waals surface area contributed by atoms with Crippen LogP contribution in [0.4, 0.5) is 5.69 Å². The van der Waals surface area contributed by atoms with Crippen LogP contribution in [0.25, 0.3) is 10.4 Å². The minimum Gasteiger partial charge on any atom is -0.472 e. The summed E-state index contributed by atoms with van der Waals surface area (Å²) in [5, 5.41) is 3.57. The third-order valence-corrected chi connectivity index (χ3v) is 8.71. The molecule has 0 saturated heterocycles. The number of para-hydroxylation sites is 1. The molecule has 160 valence electrons. The Morgan fingerprint density at radius 2 is 1.93 bits per heavy atom. The van der Waals surface area contributed by atoms with Crippen LogP contribution in [0.1, 0.15) is 44.6 Å². The highest BCUT2D eigenvalue weighted by atomic mass is 32.2. The number of rotatable bonds is 9. The average Bonchev–Trinajstić information content (AvgIpc) is 3.48. The van der Waals surface area contributed by atoms with E-state index in [4.69, 9.17) is 4.42 Å². The van der Waals surface area contributed by atoms with Crippen molar-refractivity contribution in [3.05, 3.63) is 60.6 Å². The maximum Gasteiger partial charge on any atom is 0.271 e. The van der Waals surface area contributed by atoms with Gasteiger partial charge in [0.1, 0.15) is 4.21 Å². The summed E-state index contributed by atoms with van der Waals surface area (Å²) in [6.07, 6.45) is 9.76. The molecule has 0 radical (unpaired) electrons. The number of sulfonamides is 1. The highest BCUT2D eigenvalue weighted by molar-refractivity contribution is 7.94. The Morgan fingerprint density at radius 3 is 2.70 bits per heavy atom. The van der Waals surface area contributed by atoms with Gasteiger partial charge in [0.2, 0.25) is 0 Å². The van der Waals surface area contributed by atoms with Crippen molar-refractivity contribution in [1.82, 2.24) is 5.32 Å². The lowest BCUT2D eigenvalue weighted by atomic mass is 9.99. The molecule has 0 unspecified atom stereocenters. The van der Waals surface area contributed by atoms with E-state index in [9.17, 15) is 8.42 Å². The molecule has 0 bridgehead atoms. The van der Waals surface area contributed by atoms with Gasteiger partial charge in [-0.2, -0.15) is 0 Å². The fourth-order valence-electron chi connectivity index (χ4n) is 4.11. The van der Waals surface area contributed by atoms with Crippen molar-refractivity contribution in [2.45, 2.75) is 55.8 Å². The summed E-state index contributed by atoms with van der Waals surface area (Å²) in [4.78, 5) is 0.861. The highest BCUT2D eigenvalue weighted by Gasteiger charge is 2.20. The van der Waals surface area contributed by atoms with E-state index >= 15 is 0 Å². The van der Waals surface area contributed by atoms with Gasteiger partial charge in [-0.15, -0.1) is 11.3 Å². The summed E-state index contributed by atoms with van der Waals surface area (Å²) in [5.74, 6) is 0.824. The Morgan fingerprint density at radius 1 is 1.13 bits per heavy atom. The van der Waals surface area contributed by atoms with Crippen LogP contribution in [0.5, 0.6) is 0 Å². The van der Waals surface area contributed by atoms with Crippen molar-refractivity contribution in [2.24, 2.45) is 5.92 Å². The molecule has 1 aliphatic rings. The Bertz CT molecular complexity index is 1050. The van der Waals surface area contributed by atoms with E-state index in [0.717, 1.165) is 21.9 Å². The Hall–Kier alpha value is -2.09. The van der Waals surface area contributed by atoms with Gasteiger partial charge in [0.05, 0.1) is 18.2 Å². The predicted molar refractivity (Wildman–Crippen MR) is 122 cm³/mol. The molecule has 30 heavy (non-hydrogen) atoms. The lowest BCUT2D eigenvalue weighted by Crippen LogP contribution is -2.28. The second-order valence-electron chi connectivity index (χ2n) is 8.06. The van der Waals surface area contributed by atoms with Gasteiger partial charge >= 0.3 is 0 Å². The van der Waals surface area contributed by atoms with E-state index in [1.807, 2.05) is 36.4 Å². The largest absolute Gasteiger partial charge is 0.472 e. The number of benzene rings is 1. The fourth-order valence-corrected chi connectivity index (χ4v) is 6.50. The van der Waals surface area contributed by atoms with E-state index in [0.29, 0.717) is 18.3 Å². The summed E-state index contributed by atoms with van der Waals surface area (Å²) in [6, 6.07) is 13.3. The van der Waals surface area contributed by atoms with Gasteiger partial charge in [-0.25, -0.2) is 8.42 Å². The smallest absolute Gasteiger partial charge is 0.271 e. The number of furan rings is 1. The van der Waals surface area contributed by atoms with E-state index in [2.05, 4.69) is 17.0 Å². The first-order valence-electron chi connectivity index (χ1n) is 10.5. The van der Waals surface area contributed by atoms with Crippen molar-refractivity contribution >= 4 is 27.0 Å². The van der Waals surface area contributed by atoms with E-state index in [-0.39, 0.29) is 4.21 Å². The van der Waals surface area contributed by atoms with Crippen molar-refractivity contribution in [1.29, 1.82) is 0 Å². The standard InChI is InChI=1S/C23H28N2O3S2/c1-17(14-18-6-2-3-7-18)24-15-19-8-4-5-9-21(19)25-30(26,27)23-11-10-22(29-23)20-12-13-28-16-20/h4-5,8-13,16-18,24-25H,2-3,6-7,14-15H2,1H3/t17-/m0/s1. The van der Waals surface area contributed by atoms with Crippen LogP contribution in [-0.2, 0) is 16.6 Å². The number of nitrogens with one attached hydrogen (secondary N) is 2. The molecule has 4 rings (SSSR count). The SMILES string of the molecule is C[C@@H](CC1CCCC1)NCc1ccccc1NS(=O)(=O)c1ccc(-c2ccoc2)s1. The number of thiophene rings is 1. The summed E-state index contributed by atoms with van der Waals surface area (Å²) in [5.41, 5.74) is 2.45. The fraction of sp³-hybridized carbons (Fsp3) is 0.391. The van der Waals surface area contributed by atoms with Crippen molar-refractivity contribution in [3.8, 4) is 10.4 Å². The maximum absolute atomic E-state index is 13.0. The number of hydrogen-bond donors (Lipinski definition) is 2. The normalized spacial score (nSPS) is 16.0. The molecule has 1 atom stereocenters. The molecule has 1 fully saturated rings. The first-order chi connectivity index (χ1) is 14.5. The Kier molecular flexibility index (Phi) is 6.61. The van der Waals surface area contributed by atoms with Crippen LogP contribution in [0.2, 0.25) is 0 Å². The zero-order chi connectivity index (χ0) is 21.0. The van der Waals surface area contributed by atoms with Crippen LogP contribution in [0, 0.1) is 5.92 Å². The van der Waals surface area contributed by atoms with Gasteiger partial charge in [0.25, 0.3) is 10.0 Å². The first-order valence-corrected chi connectivity index (χ1v) is 12.8. The minimum absolute atomic E-state index is 0.288. The molecule has 5 nitrogen and oxygen atoms in total. The first kappa shape index (κ1) is 21.2. The van der Waals surface area contributed by atoms with Crippen LogP contribution in [-0.4, -0.2) is 14.5 Å². The van der Waals surface area contributed by atoms with E-state index in [1.165, 1.54) is 43.4 Å². The summed E-state index contributed by atoms with van der Waals surface area (Å²) in [7, 11) is -3.65. The van der Waals surface area contributed by atoms with Crippen LogP contribution < -0.4 is 10.0 Å². The predicted octanol–water partition coefficient (Wildman–Crippen LogP) is 5.87. The molecule has 0 amide bonds. The zero-order valence-corrected chi connectivity index (χ0v) is 18.8. The third-order valence-electron chi connectivity index (χ3n) is 5.72. The summed E-state index contributed by atoms with van der Waals surface area (Å²) < 4.78 is 34.1. The minimum atomic E-state index is -3.65. The highest BCUT2D eigenvalue weighted by Crippen LogP contribution is 2.32. The molecule has 3 aromatic rings. The van der Waals surface area contributed by atoms with Crippen molar-refractivity contribution in [2.75, 3.05) is 4.72 Å². The second-order valence-corrected chi connectivity index (χ2v) is 11.1. The van der Waals surface area contributed by atoms with Gasteiger partial charge in [0.15, 0.2) is 0 Å². The van der Waals surface area contributed by atoms with Crippen LogP contribution in [0.15, 0.2) is 63.6 Å². The topological polar surface area (TPSA) is 71.3 Å². The average molecular weight is 445 g/mol. The lowest BCUT2D eigenvalue weighted by molar-refractivity contribution is 0.404. The monoisotopic (exact) mass is 444 g/mol. The molecular formula is C23H28N2O3S2. The third kappa shape index (κ3) is 5.14. The second kappa shape index (κ2) is 9.37. The lowest BCUT2D eigenvalue weighted by Gasteiger charge is -2.19.